The van der Waals surface area contributed by atoms with Crippen LogP contribution in [-0.4, -0.2) is 35.4 Å². The van der Waals surface area contributed by atoms with Gasteiger partial charge in [-0.3, -0.25) is 9.59 Å². The van der Waals surface area contributed by atoms with Gasteiger partial charge in [-0.05, 0) is 64.2 Å². The van der Waals surface area contributed by atoms with Gasteiger partial charge in [-0.25, -0.2) is 0 Å². The van der Waals surface area contributed by atoms with Crippen molar-refractivity contribution in [3.05, 3.63) is 112 Å². The largest absolute Gasteiger partial charge is 0.483 e. The number of fused-ring (bicyclic) bond motifs is 1. The lowest BCUT2D eigenvalue weighted by Gasteiger charge is -2.32. The number of halogens is 1. The van der Waals surface area contributed by atoms with E-state index in [9.17, 15) is 9.59 Å². The third-order valence-corrected chi connectivity index (χ3v) is 7.70. The molecule has 0 bridgehead atoms. The molecule has 1 N–H and O–H groups in total. The third-order valence-electron chi connectivity index (χ3n) is 6.89. The molecule has 0 aliphatic rings. The van der Waals surface area contributed by atoms with Crippen molar-refractivity contribution >= 4 is 38.5 Å². The number of hydrogen-bond acceptors (Lipinski definition) is 3. The van der Waals surface area contributed by atoms with Crippen molar-refractivity contribution in [3.8, 4) is 5.75 Å². The Kier molecular flexibility index (Phi) is 9.77. The standard InChI is InChI=1S/C33H35BrN2O3/c1-4-24(3)35-33(38)29(20-25-12-6-5-7-13-25)36(21-26-14-10-11-23(2)19-26)31(37)22-39-30-18-17-27-15-8-9-16-28(27)32(30)34/h5-19,24,29H,4,20-22H2,1-3H3,(H,35,38). The number of nitrogens with one attached hydrogen (secondary N) is 1. The molecule has 0 spiro atoms. The number of benzene rings is 4. The fourth-order valence-electron chi connectivity index (χ4n) is 4.55. The molecule has 0 aliphatic heterocycles. The van der Waals surface area contributed by atoms with Crippen LogP contribution in [0.3, 0.4) is 0 Å². The minimum Gasteiger partial charge on any atom is -0.483 e. The summed E-state index contributed by atoms with van der Waals surface area (Å²) in [7, 11) is 0. The van der Waals surface area contributed by atoms with Gasteiger partial charge in [0, 0.05) is 19.0 Å². The molecule has 4 aromatic rings. The van der Waals surface area contributed by atoms with Crippen LogP contribution < -0.4 is 10.1 Å². The van der Waals surface area contributed by atoms with E-state index in [2.05, 4.69) is 21.2 Å². The topological polar surface area (TPSA) is 58.6 Å². The summed E-state index contributed by atoms with van der Waals surface area (Å²) in [6.45, 7) is 6.14. The fourth-order valence-corrected chi connectivity index (χ4v) is 5.16. The lowest BCUT2D eigenvalue weighted by Crippen LogP contribution is -2.53. The zero-order chi connectivity index (χ0) is 27.8. The first kappa shape index (κ1) is 28.4. The van der Waals surface area contributed by atoms with E-state index in [4.69, 9.17) is 4.74 Å². The molecular weight excluding hydrogens is 552 g/mol. The minimum absolute atomic E-state index is 0.00324. The van der Waals surface area contributed by atoms with Crippen LogP contribution in [0.2, 0.25) is 0 Å². The van der Waals surface area contributed by atoms with E-state index >= 15 is 0 Å². The van der Waals surface area contributed by atoms with Gasteiger partial charge < -0.3 is 15.0 Å². The quantitative estimate of drug-likeness (QED) is 0.209. The maximum absolute atomic E-state index is 13.9. The SMILES string of the molecule is CCC(C)NC(=O)C(Cc1ccccc1)N(Cc1cccc(C)c1)C(=O)COc1ccc2ccccc2c1Br. The lowest BCUT2D eigenvalue weighted by molar-refractivity contribution is -0.143. The molecule has 2 unspecified atom stereocenters. The predicted octanol–water partition coefficient (Wildman–Crippen LogP) is 6.84. The van der Waals surface area contributed by atoms with Gasteiger partial charge in [-0.1, -0.05) is 97.4 Å². The maximum Gasteiger partial charge on any atom is 0.261 e. The van der Waals surface area contributed by atoms with Gasteiger partial charge in [0.15, 0.2) is 6.61 Å². The van der Waals surface area contributed by atoms with Crippen LogP contribution in [0.15, 0.2) is 95.5 Å². The van der Waals surface area contributed by atoms with Crippen molar-refractivity contribution in [2.24, 2.45) is 0 Å². The summed E-state index contributed by atoms with van der Waals surface area (Å²) in [5.74, 6) is 0.166. The highest BCUT2D eigenvalue weighted by Gasteiger charge is 2.31. The Morgan fingerprint density at radius 3 is 2.38 bits per heavy atom. The molecule has 2 atom stereocenters. The van der Waals surface area contributed by atoms with Crippen molar-refractivity contribution in [1.82, 2.24) is 10.2 Å². The first-order valence-electron chi connectivity index (χ1n) is 13.3. The van der Waals surface area contributed by atoms with E-state index in [0.717, 1.165) is 38.4 Å². The molecule has 39 heavy (non-hydrogen) atoms. The van der Waals surface area contributed by atoms with Gasteiger partial charge in [0.25, 0.3) is 5.91 Å². The average Bonchev–Trinajstić information content (AvgIpc) is 2.95. The van der Waals surface area contributed by atoms with E-state index in [1.807, 2.05) is 112 Å². The van der Waals surface area contributed by atoms with Gasteiger partial charge in [0.2, 0.25) is 5.91 Å². The molecule has 6 heteroatoms. The number of rotatable bonds is 11. The van der Waals surface area contributed by atoms with Gasteiger partial charge in [-0.15, -0.1) is 0 Å². The molecule has 0 fully saturated rings. The van der Waals surface area contributed by atoms with Gasteiger partial charge in [0.1, 0.15) is 11.8 Å². The van der Waals surface area contributed by atoms with Crippen LogP contribution >= 0.6 is 15.9 Å². The second kappa shape index (κ2) is 13.4. The molecular formula is C33H35BrN2O3. The molecule has 202 valence electrons. The monoisotopic (exact) mass is 586 g/mol. The van der Waals surface area contributed by atoms with E-state index in [1.54, 1.807) is 4.90 Å². The molecule has 0 radical (unpaired) electrons. The second-order valence-electron chi connectivity index (χ2n) is 9.92. The normalized spacial score (nSPS) is 12.5. The minimum atomic E-state index is -0.696. The van der Waals surface area contributed by atoms with Crippen LogP contribution in [-0.2, 0) is 22.6 Å². The molecule has 0 aliphatic carbocycles. The summed E-state index contributed by atoms with van der Waals surface area (Å²) in [4.78, 5) is 29.2. The molecule has 0 heterocycles. The molecule has 5 nitrogen and oxygen atoms in total. The molecule has 4 aromatic carbocycles. The average molecular weight is 588 g/mol. The Morgan fingerprint density at radius 1 is 0.923 bits per heavy atom. The Hall–Kier alpha value is -3.64. The molecule has 4 rings (SSSR count). The van der Waals surface area contributed by atoms with Crippen molar-refractivity contribution in [3.63, 3.8) is 0 Å². The van der Waals surface area contributed by atoms with Crippen molar-refractivity contribution in [2.45, 2.75) is 52.2 Å². The van der Waals surface area contributed by atoms with E-state index in [-0.39, 0.29) is 24.5 Å². The molecule has 2 amide bonds. The highest BCUT2D eigenvalue weighted by molar-refractivity contribution is 9.10. The number of nitrogens with zero attached hydrogens (tertiary/aromatic N) is 1. The highest BCUT2D eigenvalue weighted by atomic mass is 79.9. The zero-order valence-electron chi connectivity index (χ0n) is 22.7. The van der Waals surface area contributed by atoms with Crippen molar-refractivity contribution in [2.75, 3.05) is 6.61 Å². The number of carbonyl (C=O) groups excluding carboxylic acids is 2. The predicted molar refractivity (Wildman–Crippen MR) is 161 cm³/mol. The van der Waals surface area contributed by atoms with Gasteiger partial charge in [0.05, 0.1) is 4.47 Å². The molecule has 0 aromatic heterocycles. The number of aryl methyl sites for hydroxylation is 1. The van der Waals surface area contributed by atoms with Gasteiger partial charge >= 0.3 is 0 Å². The van der Waals surface area contributed by atoms with Crippen LogP contribution in [0.5, 0.6) is 5.75 Å². The number of ether oxygens (including phenoxy) is 1. The third kappa shape index (κ3) is 7.48. The van der Waals surface area contributed by atoms with Crippen LogP contribution in [0, 0.1) is 6.92 Å². The Bertz CT molecular complexity index is 1420. The van der Waals surface area contributed by atoms with Crippen molar-refractivity contribution in [1.29, 1.82) is 0 Å². The maximum atomic E-state index is 13.9. The zero-order valence-corrected chi connectivity index (χ0v) is 24.3. The van der Waals surface area contributed by atoms with Crippen LogP contribution in [0.1, 0.15) is 37.0 Å². The summed E-state index contributed by atoms with van der Waals surface area (Å²) in [5, 5.41) is 5.19. The summed E-state index contributed by atoms with van der Waals surface area (Å²) in [6, 6.07) is 29.0. The number of amides is 2. The lowest BCUT2D eigenvalue weighted by atomic mass is 10.0. The fraction of sp³-hybridized carbons (Fsp3) is 0.273. The summed E-state index contributed by atoms with van der Waals surface area (Å²) in [5.41, 5.74) is 3.05. The summed E-state index contributed by atoms with van der Waals surface area (Å²) >= 11 is 3.65. The Morgan fingerprint density at radius 2 is 1.64 bits per heavy atom. The van der Waals surface area contributed by atoms with Gasteiger partial charge in [-0.2, -0.15) is 0 Å². The Balaban J connectivity index is 1.64. The van der Waals surface area contributed by atoms with Crippen LogP contribution in [0.25, 0.3) is 10.8 Å². The first-order chi connectivity index (χ1) is 18.9. The van der Waals surface area contributed by atoms with E-state index < -0.39 is 6.04 Å². The molecule has 0 saturated heterocycles. The summed E-state index contributed by atoms with van der Waals surface area (Å²) < 4.78 is 6.86. The number of carbonyl (C=O) groups is 2. The smallest absolute Gasteiger partial charge is 0.261 e. The number of hydrogen-bond donors (Lipinski definition) is 1. The van der Waals surface area contributed by atoms with Crippen LogP contribution in [0.4, 0.5) is 0 Å². The summed E-state index contributed by atoms with van der Waals surface area (Å²) in [6.07, 6.45) is 1.20. The van der Waals surface area contributed by atoms with E-state index in [0.29, 0.717) is 18.7 Å². The molecule has 0 saturated carbocycles. The second-order valence-corrected chi connectivity index (χ2v) is 10.7. The first-order valence-corrected chi connectivity index (χ1v) is 14.1. The van der Waals surface area contributed by atoms with E-state index in [1.165, 1.54) is 0 Å². The Labute approximate surface area is 239 Å². The highest BCUT2D eigenvalue weighted by Crippen LogP contribution is 2.33. The van der Waals surface area contributed by atoms with Crippen molar-refractivity contribution < 1.29 is 14.3 Å².